The van der Waals surface area contributed by atoms with Gasteiger partial charge in [0.25, 0.3) is 0 Å². The van der Waals surface area contributed by atoms with E-state index >= 15 is 0 Å². The molecule has 3 aromatic carbocycles. The van der Waals surface area contributed by atoms with E-state index in [0.717, 1.165) is 11.0 Å². The summed E-state index contributed by atoms with van der Waals surface area (Å²) in [7, 11) is 0. The van der Waals surface area contributed by atoms with Gasteiger partial charge in [-0.2, -0.15) is 0 Å². The smallest absolute Gasteiger partial charge is 0.347 e. The maximum absolute atomic E-state index is 12.4. The zero-order valence-corrected chi connectivity index (χ0v) is 13.0. The number of hydrogen-bond acceptors (Lipinski definition) is 5. The molecule has 0 aliphatic carbocycles. The number of phenols is 1. The molecular formula is C19H13N3O3. The average Bonchev–Trinajstić information content (AvgIpc) is 3.06. The van der Waals surface area contributed by atoms with Crippen LogP contribution >= 0.6 is 0 Å². The largest absolute Gasteiger partial charge is 0.507 e. The predicted molar refractivity (Wildman–Crippen MR) is 91.9 cm³/mol. The highest BCUT2D eigenvalue weighted by Gasteiger charge is 2.16. The first kappa shape index (κ1) is 14.9. The van der Waals surface area contributed by atoms with Gasteiger partial charge >= 0.3 is 5.97 Å². The van der Waals surface area contributed by atoms with Crippen molar-refractivity contribution in [3.05, 3.63) is 78.4 Å². The molecule has 0 atom stereocenters. The van der Waals surface area contributed by atoms with Gasteiger partial charge in [0.05, 0.1) is 0 Å². The Labute approximate surface area is 142 Å². The highest BCUT2D eigenvalue weighted by molar-refractivity contribution is 5.94. The van der Waals surface area contributed by atoms with Crippen LogP contribution in [0.3, 0.4) is 0 Å². The lowest BCUT2D eigenvalue weighted by Gasteiger charge is -2.09. The Morgan fingerprint density at radius 2 is 1.44 bits per heavy atom. The second-order valence-electron chi connectivity index (χ2n) is 5.35. The minimum absolute atomic E-state index is 0.0934. The van der Waals surface area contributed by atoms with Crippen LogP contribution in [0, 0.1) is 0 Å². The summed E-state index contributed by atoms with van der Waals surface area (Å²) in [6.07, 6.45) is 0. The predicted octanol–water partition coefficient (Wildman–Crippen LogP) is 3.35. The third kappa shape index (κ3) is 2.81. The summed E-state index contributed by atoms with van der Waals surface area (Å²) in [5.41, 5.74) is 2.10. The standard InChI is InChI=1S/C19H13N3O3/c23-17-11-5-1-7-13(17)19(24)25-18-12-6-4-10-16(18)22-20-14-8-2-3-9-15(14)21-22/h1-12,23H. The highest BCUT2D eigenvalue weighted by Crippen LogP contribution is 2.25. The van der Waals surface area contributed by atoms with Crippen molar-refractivity contribution in [2.45, 2.75) is 0 Å². The number of phenolic OH excluding ortho intramolecular Hbond substituents is 1. The first-order valence-corrected chi connectivity index (χ1v) is 7.64. The lowest BCUT2D eigenvalue weighted by atomic mass is 10.2. The maximum atomic E-state index is 12.4. The number of esters is 1. The van der Waals surface area contributed by atoms with E-state index < -0.39 is 5.97 Å². The van der Waals surface area contributed by atoms with E-state index in [1.165, 1.54) is 16.9 Å². The van der Waals surface area contributed by atoms with Gasteiger partial charge < -0.3 is 9.84 Å². The molecule has 0 saturated carbocycles. The van der Waals surface area contributed by atoms with E-state index in [-0.39, 0.29) is 11.3 Å². The van der Waals surface area contributed by atoms with Gasteiger partial charge in [0.15, 0.2) is 5.75 Å². The summed E-state index contributed by atoms with van der Waals surface area (Å²) >= 11 is 0. The van der Waals surface area contributed by atoms with Crippen molar-refractivity contribution in [1.82, 2.24) is 15.0 Å². The minimum atomic E-state index is -0.651. The molecule has 1 aromatic heterocycles. The van der Waals surface area contributed by atoms with Crippen molar-refractivity contribution in [1.29, 1.82) is 0 Å². The Hall–Kier alpha value is -3.67. The maximum Gasteiger partial charge on any atom is 0.347 e. The van der Waals surface area contributed by atoms with E-state index in [4.69, 9.17) is 4.74 Å². The van der Waals surface area contributed by atoms with Crippen LogP contribution in [0.1, 0.15) is 10.4 Å². The normalized spacial score (nSPS) is 10.7. The molecule has 0 spiro atoms. The van der Waals surface area contributed by atoms with Gasteiger partial charge in [0, 0.05) is 0 Å². The first-order valence-electron chi connectivity index (χ1n) is 7.64. The van der Waals surface area contributed by atoms with Crippen molar-refractivity contribution in [3.8, 4) is 17.2 Å². The fraction of sp³-hybridized carbons (Fsp3) is 0. The number of carbonyl (C=O) groups is 1. The Morgan fingerprint density at radius 3 is 2.16 bits per heavy atom. The molecule has 25 heavy (non-hydrogen) atoms. The van der Waals surface area contributed by atoms with Crippen LogP contribution in [-0.4, -0.2) is 26.1 Å². The number of hydrogen-bond donors (Lipinski definition) is 1. The molecule has 0 radical (unpaired) electrons. The summed E-state index contributed by atoms with van der Waals surface area (Å²) < 4.78 is 5.46. The van der Waals surface area contributed by atoms with E-state index in [9.17, 15) is 9.90 Å². The number of fused-ring (bicyclic) bond motifs is 1. The topological polar surface area (TPSA) is 77.2 Å². The van der Waals surface area contributed by atoms with Gasteiger partial charge in [-0.1, -0.05) is 36.4 Å². The van der Waals surface area contributed by atoms with Gasteiger partial charge in [0.2, 0.25) is 0 Å². The number of aromatic hydroxyl groups is 1. The summed E-state index contributed by atoms with van der Waals surface area (Å²) in [4.78, 5) is 13.8. The third-order valence-electron chi connectivity index (χ3n) is 3.69. The van der Waals surface area contributed by atoms with Crippen LogP contribution in [0.25, 0.3) is 16.7 Å². The second-order valence-corrected chi connectivity index (χ2v) is 5.35. The molecule has 1 heterocycles. The quantitative estimate of drug-likeness (QED) is 0.460. The molecule has 0 bridgehead atoms. The molecule has 6 heteroatoms. The molecule has 0 fully saturated rings. The Morgan fingerprint density at radius 1 is 0.840 bits per heavy atom. The summed E-state index contributed by atoms with van der Waals surface area (Å²) in [6.45, 7) is 0. The van der Waals surface area contributed by atoms with Crippen molar-refractivity contribution in [2.24, 2.45) is 0 Å². The Kier molecular flexibility index (Phi) is 3.63. The zero-order chi connectivity index (χ0) is 17.2. The number of ether oxygens (including phenoxy) is 1. The van der Waals surface area contributed by atoms with Crippen LogP contribution in [0.5, 0.6) is 11.5 Å². The summed E-state index contributed by atoms with van der Waals surface area (Å²) in [5, 5.41) is 18.6. The molecule has 4 aromatic rings. The average molecular weight is 331 g/mol. The third-order valence-corrected chi connectivity index (χ3v) is 3.69. The van der Waals surface area contributed by atoms with Gasteiger partial charge in [0.1, 0.15) is 28.0 Å². The Bertz CT molecular complexity index is 1040. The number of aromatic nitrogens is 3. The SMILES string of the molecule is O=C(Oc1ccccc1-n1nc2ccccc2n1)c1ccccc1O. The molecule has 0 amide bonds. The molecule has 1 N–H and O–H groups in total. The number of rotatable bonds is 3. The van der Waals surface area contributed by atoms with E-state index in [1.54, 1.807) is 36.4 Å². The van der Waals surface area contributed by atoms with Crippen LogP contribution in [0.4, 0.5) is 0 Å². The molecule has 0 aliphatic heterocycles. The highest BCUT2D eigenvalue weighted by atomic mass is 16.5. The van der Waals surface area contributed by atoms with Gasteiger partial charge in [-0.3, -0.25) is 0 Å². The van der Waals surface area contributed by atoms with Crippen LogP contribution in [0.2, 0.25) is 0 Å². The number of carbonyl (C=O) groups excluding carboxylic acids is 1. The van der Waals surface area contributed by atoms with E-state index in [0.29, 0.717) is 11.4 Å². The van der Waals surface area contributed by atoms with E-state index in [1.807, 2.05) is 24.3 Å². The molecule has 6 nitrogen and oxygen atoms in total. The van der Waals surface area contributed by atoms with Crippen LogP contribution in [0.15, 0.2) is 72.8 Å². The molecule has 0 saturated heterocycles. The number of para-hydroxylation sites is 3. The van der Waals surface area contributed by atoms with Crippen LogP contribution < -0.4 is 4.74 Å². The molecular weight excluding hydrogens is 318 g/mol. The van der Waals surface area contributed by atoms with Crippen molar-refractivity contribution in [3.63, 3.8) is 0 Å². The lowest BCUT2D eigenvalue weighted by molar-refractivity contribution is 0.0731. The monoisotopic (exact) mass is 331 g/mol. The molecule has 122 valence electrons. The van der Waals surface area contributed by atoms with Crippen molar-refractivity contribution < 1.29 is 14.6 Å². The number of nitrogens with zero attached hydrogens (tertiary/aromatic N) is 3. The molecule has 0 unspecified atom stereocenters. The van der Waals surface area contributed by atoms with Gasteiger partial charge in [-0.05, 0) is 36.4 Å². The molecule has 0 aliphatic rings. The minimum Gasteiger partial charge on any atom is -0.507 e. The van der Waals surface area contributed by atoms with Gasteiger partial charge in [-0.25, -0.2) is 4.79 Å². The fourth-order valence-corrected chi connectivity index (χ4v) is 2.48. The number of benzene rings is 3. The van der Waals surface area contributed by atoms with E-state index in [2.05, 4.69) is 10.2 Å². The first-order chi connectivity index (χ1) is 12.2. The van der Waals surface area contributed by atoms with Crippen LogP contribution in [-0.2, 0) is 0 Å². The summed E-state index contributed by atoms with van der Waals surface area (Å²) in [5.74, 6) is -0.480. The van der Waals surface area contributed by atoms with Gasteiger partial charge in [-0.15, -0.1) is 15.0 Å². The summed E-state index contributed by atoms with van der Waals surface area (Å²) in [6, 6.07) is 20.7. The fourth-order valence-electron chi connectivity index (χ4n) is 2.48. The van der Waals surface area contributed by atoms with Crippen molar-refractivity contribution >= 4 is 17.0 Å². The van der Waals surface area contributed by atoms with Crippen molar-refractivity contribution in [2.75, 3.05) is 0 Å². The lowest BCUT2D eigenvalue weighted by Crippen LogP contribution is -2.11. The second kappa shape index (κ2) is 6.09. The zero-order valence-electron chi connectivity index (χ0n) is 13.0. The molecule has 4 rings (SSSR count). The Balaban J connectivity index is 1.72.